The summed E-state index contributed by atoms with van der Waals surface area (Å²) in [5.41, 5.74) is 2.03. The van der Waals surface area contributed by atoms with Crippen molar-refractivity contribution in [3.63, 3.8) is 0 Å². The van der Waals surface area contributed by atoms with Crippen LogP contribution >= 0.6 is 55.4 Å². The van der Waals surface area contributed by atoms with E-state index in [1.165, 1.54) is 0 Å². The van der Waals surface area contributed by atoms with Gasteiger partial charge in [-0.05, 0) is 71.8 Å². The quantitative estimate of drug-likeness (QED) is 0.140. The highest BCUT2D eigenvalue weighted by atomic mass is 79.9. The van der Waals surface area contributed by atoms with E-state index in [0.29, 0.717) is 11.5 Å². The van der Waals surface area contributed by atoms with Gasteiger partial charge in [0.25, 0.3) is 0 Å². The van der Waals surface area contributed by atoms with E-state index in [1.54, 1.807) is 37.7 Å². The number of thioether (sulfide) groups is 2. The molecule has 2 unspecified atom stereocenters. The second-order valence-corrected chi connectivity index (χ2v) is 12.6. The maximum Gasteiger partial charge on any atom is 0.149 e. The van der Waals surface area contributed by atoms with Crippen LogP contribution in [0.4, 0.5) is 0 Å². The van der Waals surface area contributed by atoms with Crippen LogP contribution in [0, 0.1) is 0 Å². The highest BCUT2D eigenvalue weighted by Crippen LogP contribution is 2.37. The Hall–Kier alpha value is -2.19. The van der Waals surface area contributed by atoms with Crippen molar-refractivity contribution in [3.05, 3.63) is 117 Å². The molecule has 2 atom stereocenters. The Morgan fingerprint density at radius 1 is 0.658 bits per heavy atom. The lowest BCUT2D eigenvalue weighted by Crippen LogP contribution is -2.24. The number of halogens is 2. The second-order valence-electron chi connectivity index (χ2n) is 8.59. The maximum atomic E-state index is 14.4. The first kappa shape index (κ1) is 28.8. The average molecular weight is 673 g/mol. The maximum absolute atomic E-state index is 14.4. The molecular weight excluding hydrogens is 644 g/mol. The van der Waals surface area contributed by atoms with E-state index < -0.39 is 0 Å². The van der Waals surface area contributed by atoms with Gasteiger partial charge in [0.1, 0.15) is 17.3 Å². The van der Waals surface area contributed by atoms with Crippen LogP contribution in [0.3, 0.4) is 0 Å². The molecule has 0 amide bonds. The van der Waals surface area contributed by atoms with Crippen LogP contribution in [0.25, 0.3) is 0 Å². The van der Waals surface area contributed by atoms with Crippen molar-refractivity contribution < 1.29 is 14.3 Å². The van der Waals surface area contributed by atoms with E-state index in [4.69, 9.17) is 9.47 Å². The Balaban J connectivity index is 1.64. The summed E-state index contributed by atoms with van der Waals surface area (Å²) < 4.78 is 12.8. The van der Waals surface area contributed by atoms with E-state index >= 15 is 0 Å². The number of carbonyl (C=O) groups excluding carboxylic acids is 1. The lowest BCUT2D eigenvalue weighted by molar-refractivity contribution is -0.121. The first-order valence-corrected chi connectivity index (χ1v) is 15.6. The lowest BCUT2D eigenvalue weighted by Gasteiger charge is -2.24. The predicted octanol–water partition coefficient (Wildman–Crippen LogP) is 9.25. The largest absolute Gasteiger partial charge is 0.497 e. The molecule has 0 heterocycles. The monoisotopic (exact) mass is 670 g/mol. The second kappa shape index (κ2) is 14.3. The third-order valence-corrected chi connectivity index (χ3v) is 9.38. The van der Waals surface area contributed by atoms with E-state index in [0.717, 1.165) is 41.4 Å². The SMILES string of the molecule is COc1cccc(SCC(C(=O)C(CSc2cccc(OC)c2)c2ccc(Br)cc2)c2ccc(Br)cc2)c1. The molecule has 0 aromatic heterocycles. The third kappa shape index (κ3) is 7.92. The molecule has 0 aliphatic rings. The van der Waals surface area contributed by atoms with Gasteiger partial charge in [0.2, 0.25) is 0 Å². The first-order chi connectivity index (χ1) is 18.5. The van der Waals surface area contributed by atoms with Crippen molar-refractivity contribution in [1.29, 1.82) is 0 Å². The summed E-state index contributed by atoms with van der Waals surface area (Å²) >= 11 is 10.4. The van der Waals surface area contributed by atoms with Crippen LogP contribution in [0.1, 0.15) is 23.0 Å². The molecule has 0 radical (unpaired) electrons. The van der Waals surface area contributed by atoms with Crippen LogP contribution in [-0.2, 0) is 4.79 Å². The number of methoxy groups -OCH3 is 2. The zero-order chi connectivity index (χ0) is 26.9. The van der Waals surface area contributed by atoms with Gasteiger partial charge in [-0.2, -0.15) is 0 Å². The predicted molar refractivity (Wildman–Crippen MR) is 166 cm³/mol. The molecule has 7 heteroatoms. The molecule has 0 fully saturated rings. The fourth-order valence-corrected chi connectivity index (χ4v) is 6.77. The van der Waals surface area contributed by atoms with Gasteiger partial charge in [0.05, 0.1) is 26.1 Å². The van der Waals surface area contributed by atoms with Crippen LogP contribution in [-0.4, -0.2) is 31.5 Å². The summed E-state index contributed by atoms with van der Waals surface area (Å²) in [5, 5.41) is 0. The van der Waals surface area contributed by atoms with Gasteiger partial charge < -0.3 is 9.47 Å². The molecule has 4 aromatic carbocycles. The molecule has 0 saturated heterocycles. The fraction of sp³-hybridized carbons (Fsp3) is 0.194. The molecule has 38 heavy (non-hydrogen) atoms. The van der Waals surface area contributed by atoms with Gasteiger partial charge in [0.15, 0.2) is 0 Å². The van der Waals surface area contributed by atoms with E-state index in [2.05, 4.69) is 44.0 Å². The van der Waals surface area contributed by atoms with E-state index in [9.17, 15) is 4.79 Å². The number of ketones is 1. The van der Waals surface area contributed by atoms with Crippen molar-refractivity contribution >= 4 is 61.2 Å². The highest BCUT2D eigenvalue weighted by molar-refractivity contribution is 9.10. The Bertz CT molecular complexity index is 1240. The summed E-state index contributed by atoms with van der Waals surface area (Å²) in [5.74, 6) is 2.53. The smallest absolute Gasteiger partial charge is 0.149 e. The zero-order valence-corrected chi connectivity index (χ0v) is 25.9. The molecule has 0 aliphatic carbocycles. The van der Waals surface area contributed by atoms with Crippen molar-refractivity contribution in [2.24, 2.45) is 0 Å². The van der Waals surface area contributed by atoms with Gasteiger partial charge >= 0.3 is 0 Å². The van der Waals surface area contributed by atoms with Gasteiger partial charge in [-0.25, -0.2) is 0 Å². The van der Waals surface area contributed by atoms with Crippen LogP contribution in [0.15, 0.2) is 116 Å². The van der Waals surface area contributed by atoms with E-state index in [1.807, 2.05) is 84.9 Å². The summed E-state index contributed by atoms with van der Waals surface area (Å²) in [7, 11) is 3.33. The molecule has 196 valence electrons. The van der Waals surface area contributed by atoms with Crippen molar-refractivity contribution in [1.82, 2.24) is 0 Å². The Morgan fingerprint density at radius 3 is 1.42 bits per heavy atom. The standard InChI is InChI=1S/C31H28Br2O3S2/c1-35-25-5-3-7-27(17-25)37-19-29(21-9-13-23(32)14-10-21)31(34)30(22-11-15-24(33)16-12-22)20-38-28-8-4-6-26(18-28)36-2/h3-18,29-30H,19-20H2,1-2H3. The Morgan fingerprint density at radius 2 is 1.05 bits per heavy atom. The number of carbonyl (C=O) groups is 1. The van der Waals surface area contributed by atoms with E-state index in [-0.39, 0.29) is 17.6 Å². The topological polar surface area (TPSA) is 35.5 Å². The van der Waals surface area contributed by atoms with Gasteiger partial charge in [-0.1, -0.05) is 68.3 Å². The molecular formula is C31H28Br2O3S2. The molecule has 0 bridgehead atoms. The number of hydrogen-bond acceptors (Lipinski definition) is 5. The number of ether oxygens (including phenoxy) is 2. The van der Waals surface area contributed by atoms with Crippen LogP contribution in [0.5, 0.6) is 11.5 Å². The average Bonchev–Trinajstić information content (AvgIpc) is 2.95. The summed E-state index contributed by atoms with van der Waals surface area (Å²) in [6, 6.07) is 32.2. The first-order valence-electron chi connectivity index (χ1n) is 12.0. The van der Waals surface area contributed by atoms with Gasteiger partial charge in [-0.15, -0.1) is 23.5 Å². The molecule has 0 N–H and O–H groups in total. The van der Waals surface area contributed by atoms with Gasteiger partial charge in [-0.3, -0.25) is 4.79 Å². The minimum absolute atomic E-state index is 0.209. The van der Waals surface area contributed by atoms with Crippen molar-refractivity contribution in [2.75, 3.05) is 25.7 Å². The van der Waals surface area contributed by atoms with Crippen LogP contribution in [0.2, 0.25) is 0 Å². The highest BCUT2D eigenvalue weighted by Gasteiger charge is 2.30. The lowest BCUT2D eigenvalue weighted by atomic mass is 9.85. The summed E-state index contributed by atoms with van der Waals surface area (Å²) in [4.78, 5) is 16.6. The molecule has 4 aromatic rings. The molecule has 0 saturated carbocycles. The fourth-order valence-electron chi connectivity index (χ4n) is 4.06. The van der Waals surface area contributed by atoms with Gasteiger partial charge in [0, 0.05) is 30.2 Å². The Kier molecular flexibility index (Phi) is 10.8. The number of benzene rings is 4. The number of hydrogen-bond donors (Lipinski definition) is 0. The van der Waals surface area contributed by atoms with Crippen molar-refractivity contribution in [2.45, 2.75) is 21.6 Å². The summed E-state index contributed by atoms with van der Waals surface area (Å²) in [6.45, 7) is 0. The summed E-state index contributed by atoms with van der Waals surface area (Å²) in [6.07, 6.45) is 0. The molecule has 0 aliphatic heterocycles. The zero-order valence-electron chi connectivity index (χ0n) is 21.1. The minimum atomic E-state index is -0.279. The molecule has 3 nitrogen and oxygen atoms in total. The third-order valence-electron chi connectivity index (χ3n) is 6.15. The van der Waals surface area contributed by atoms with Crippen molar-refractivity contribution in [3.8, 4) is 11.5 Å². The van der Waals surface area contributed by atoms with Crippen LogP contribution < -0.4 is 9.47 Å². The number of Topliss-reactive ketones (excluding diaryl/α,β-unsaturated/α-hetero) is 1. The molecule has 0 spiro atoms. The normalized spacial score (nSPS) is 12.5. The minimum Gasteiger partial charge on any atom is -0.497 e. The number of rotatable bonds is 12. The Labute approximate surface area is 250 Å². The molecule has 4 rings (SSSR count).